The van der Waals surface area contributed by atoms with E-state index in [1.807, 2.05) is 12.1 Å². The molecule has 1 aliphatic carbocycles. The summed E-state index contributed by atoms with van der Waals surface area (Å²) in [6.45, 7) is 0.516. The van der Waals surface area contributed by atoms with Crippen LogP contribution in [0.2, 0.25) is 0 Å². The van der Waals surface area contributed by atoms with E-state index in [1.165, 1.54) is 11.1 Å². The van der Waals surface area contributed by atoms with Gasteiger partial charge < -0.3 is 10.5 Å². The number of nitrogen functional groups attached to an aromatic ring is 1. The van der Waals surface area contributed by atoms with Crippen molar-refractivity contribution in [3.63, 3.8) is 0 Å². The summed E-state index contributed by atoms with van der Waals surface area (Å²) >= 11 is 0. The summed E-state index contributed by atoms with van der Waals surface area (Å²) in [5.41, 5.74) is 9.67. The summed E-state index contributed by atoms with van der Waals surface area (Å²) in [4.78, 5) is 4.06. The monoisotopic (exact) mass is 281 g/mol. The molecule has 0 bridgehead atoms. The van der Waals surface area contributed by atoms with Crippen molar-refractivity contribution >= 4 is 5.84 Å². The van der Waals surface area contributed by atoms with Gasteiger partial charge in [0, 0.05) is 6.20 Å². The zero-order valence-electron chi connectivity index (χ0n) is 11.9. The van der Waals surface area contributed by atoms with Crippen LogP contribution in [0, 0.1) is 5.41 Å². The molecule has 21 heavy (non-hydrogen) atoms. The van der Waals surface area contributed by atoms with Crippen LogP contribution in [-0.2, 0) is 17.8 Å². The molecule has 4 nitrogen and oxygen atoms in total. The van der Waals surface area contributed by atoms with Crippen molar-refractivity contribution in [2.75, 3.05) is 0 Å². The van der Waals surface area contributed by atoms with Gasteiger partial charge >= 0.3 is 0 Å². The van der Waals surface area contributed by atoms with Gasteiger partial charge in [-0.2, -0.15) is 0 Å². The molecule has 4 heteroatoms. The van der Waals surface area contributed by atoms with Gasteiger partial charge in [-0.15, -0.1) is 0 Å². The lowest BCUT2D eigenvalue weighted by molar-refractivity contribution is 0.0282. The molecule has 0 spiro atoms. The van der Waals surface area contributed by atoms with E-state index in [2.05, 4.69) is 29.2 Å². The Balaban J connectivity index is 1.71. The average molecular weight is 281 g/mol. The molecule has 0 fully saturated rings. The van der Waals surface area contributed by atoms with Gasteiger partial charge in [-0.3, -0.25) is 10.4 Å². The Kier molecular flexibility index (Phi) is 3.97. The zero-order valence-corrected chi connectivity index (χ0v) is 11.9. The molecule has 0 amide bonds. The molecule has 2 aromatic rings. The first-order valence-electron chi connectivity index (χ1n) is 7.23. The summed E-state index contributed by atoms with van der Waals surface area (Å²) < 4.78 is 6.09. The summed E-state index contributed by atoms with van der Waals surface area (Å²) in [5.74, 6) is -0.0140. The smallest absolute Gasteiger partial charge is 0.141 e. The van der Waals surface area contributed by atoms with E-state index in [1.54, 1.807) is 6.20 Å². The van der Waals surface area contributed by atoms with Gasteiger partial charge in [-0.05, 0) is 48.1 Å². The molecule has 1 atom stereocenters. The van der Waals surface area contributed by atoms with Crippen LogP contribution >= 0.6 is 0 Å². The topological polar surface area (TPSA) is 72.0 Å². The second kappa shape index (κ2) is 6.06. The van der Waals surface area contributed by atoms with Gasteiger partial charge in [-0.25, -0.2) is 0 Å². The number of rotatable bonds is 4. The van der Waals surface area contributed by atoms with Gasteiger partial charge in [0.1, 0.15) is 11.5 Å². The predicted molar refractivity (Wildman–Crippen MR) is 82.2 cm³/mol. The van der Waals surface area contributed by atoms with Crippen molar-refractivity contribution in [3.05, 3.63) is 65.0 Å². The molecule has 1 aromatic carbocycles. The molecular formula is C17H19N3O. The van der Waals surface area contributed by atoms with Gasteiger partial charge in [0.05, 0.1) is 12.7 Å². The van der Waals surface area contributed by atoms with E-state index in [0.717, 1.165) is 24.8 Å². The minimum absolute atomic E-state index is 0.0140. The Hall–Kier alpha value is -2.20. The van der Waals surface area contributed by atoms with Crippen LogP contribution in [0.1, 0.15) is 41.3 Å². The number of nitrogens with zero attached hydrogens (tertiary/aromatic N) is 1. The third-order valence-corrected chi connectivity index (χ3v) is 3.87. The van der Waals surface area contributed by atoms with Crippen molar-refractivity contribution < 1.29 is 4.74 Å². The normalized spacial score (nSPS) is 17.2. The highest BCUT2D eigenvalue weighted by Crippen LogP contribution is 2.32. The quantitative estimate of drug-likeness (QED) is 0.668. The SMILES string of the molecule is N=C(N)c1cc(COC2CCCc3ccccc32)ccn1. The number of benzene rings is 1. The van der Waals surface area contributed by atoms with Crippen LogP contribution in [-0.4, -0.2) is 10.8 Å². The van der Waals surface area contributed by atoms with Crippen LogP contribution in [0.3, 0.4) is 0 Å². The number of aryl methyl sites for hydroxylation is 1. The lowest BCUT2D eigenvalue weighted by Crippen LogP contribution is -2.14. The molecule has 0 saturated heterocycles. The molecule has 1 unspecified atom stereocenters. The van der Waals surface area contributed by atoms with Crippen molar-refractivity contribution in [2.45, 2.75) is 32.0 Å². The van der Waals surface area contributed by atoms with Crippen molar-refractivity contribution in [1.82, 2.24) is 4.98 Å². The third-order valence-electron chi connectivity index (χ3n) is 3.87. The number of hydrogen-bond acceptors (Lipinski definition) is 3. The fraction of sp³-hybridized carbons (Fsp3) is 0.294. The van der Waals surface area contributed by atoms with E-state index in [4.69, 9.17) is 15.9 Å². The van der Waals surface area contributed by atoms with Crippen LogP contribution in [0.4, 0.5) is 0 Å². The number of fused-ring (bicyclic) bond motifs is 1. The van der Waals surface area contributed by atoms with E-state index in [-0.39, 0.29) is 11.9 Å². The Morgan fingerprint density at radius 1 is 1.33 bits per heavy atom. The Morgan fingerprint density at radius 3 is 3.05 bits per heavy atom. The minimum Gasteiger partial charge on any atom is -0.382 e. The number of nitrogens with two attached hydrogens (primary N) is 1. The molecular weight excluding hydrogens is 262 g/mol. The third kappa shape index (κ3) is 3.11. The van der Waals surface area contributed by atoms with Crippen LogP contribution < -0.4 is 5.73 Å². The highest BCUT2D eigenvalue weighted by atomic mass is 16.5. The number of ether oxygens (including phenoxy) is 1. The standard InChI is InChI=1S/C17H19N3O/c18-17(19)15-10-12(8-9-20-15)11-21-16-7-3-5-13-4-1-2-6-14(13)16/h1-2,4,6,8-10,16H,3,5,7,11H2,(H3,18,19). The maximum atomic E-state index is 7.43. The first-order chi connectivity index (χ1) is 10.2. The first-order valence-corrected chi connectivity index (χ1v) is 7.23. The van der Waals surface area contributed by atoms with Crippen molar-refractivity contribution in [2.24, 2.45) is 5.73 Å². The van der Waals surface area contributed by atoms with Gasteiger partial charge in [0.2, 0.25) is 0 Å². The fourth-order valence-electron chi connectivity index (χ4n) is 2.79. The van der Waals surface area contributed by atoms with E-state index in [9.17, 15) is 0 Å². The summed E-state index contributed by atoms with van der Waals surface area (Å²) in [7, 11) is 0. The van der Waals surface area contributed by atoms with Crippen LogP contribution in [0.15, 0.2) is 42.6 Å². The largest absolute Gasteiger partial charge is 0.382 e. The maximum absolute atomic E-state index is 7.43. The predicted octanol–water partition coefficient (Wildman–Crippen LogP) is 2.96. The van der Waals surface area contributed by atoms with E-state index in [0.29, 0.717) is 12.3 Å². The lowest BCUT2D eigenvalue weighted by atomic mass is 9.89. The van der Waals surface area contributed by atoms with Crippen molar-refractivity contribution in [3.8, 4) is 0 Å². The second-order valence-electron chi connectivity index (χ2n) is 5.35. The maximum Gasteiger partial charge on any atom is 0.141 e. The molecule has 0 aliphatic heterocycles. The lowest BCUT2D eigenvalue weighted by Gasteiger charge is -2.25. The van der Waals surface area contributed by atoms with Crippen molar-refractivity contribution in [1.29, 1.82) is 5.41 Å². The van der Waals surface area contributed by atoms with E-state index >= 15 is 0 Å². The highest BCUT2D eigenvalue weighted by Gasteiger charge is 2.20. The number of aromatic nitrogens is 1. The highest BCUT2D eigenvalue weighted by molar-refractivity contribution is 5.93. The summed E-state index contributed by atoms with van der Waals surface area (Å²) in [5, 5.41) is 7.43. The molecule has 1 aromatic heterocycles. The number of amidine groups is 1. The number of hydrogen-bond donors (Lipinski definition) is 2. The molecule has 1 aliphatic rings. The molecule has 0 saturated carbocycles. The van der Waals surface area contributed by atoms with Gasteiger partial charge in [0.25, 0.3) is 0 Å². The first kappa shape index (κ1) is 13.8. The second-order valence-corrected chi connectivity index (χ2v) is 5.35. The summed E-state index contributed by atoms with van der Waals surface area (Å²) in [6, 6.07) is 12.2. The Labute approximate surface area is 124 Å². The zero-order chi connectivity index (χ0) is 14.7. The molecule has 1 heterocycles. The molecule has 108 valence electrons. The van der Waals surface area contributed by atoms with Gasteiger partial charge in [-0.1, -0.05) is 24.3 Å². The molecule has 0 radical (unpaired) electrons. The number of pyridine rings is 1. The number of nitrogens with one attached hydrogen (secondary N) is 1. The Bertz CT molecular complexity index is 654. The van der Waals surface area contributed by atoms with Crippen LogP contribution in [0.5, 0.6) is 0 Å². The fourth-order valence-corrected chi connectivity index (χ4v) is 2.79. The molecule has 3 rings (SSSR count). The van der Waals surface area contributed by atoms with Crippen LogP contribution in [0.25, 0.3) is 0 Å². The minimum atomic E-state index is -0.0140. The van der Waals surface area contributed by atoms with Gasteiger partial charge in [0.15, 0.2) is 0 Å². The average Bonchev–Trinajstić information content (AvgIpc) is 2.53. The molecule has 3 N–H and O–H groups in total. The van der Waals surface area contributed by atoms with E-state index < -0.39 is 0 Å². The summed E-state index contributed by atoms with van der Waals surface area (Å²) in [6.07, 6.45) is 5.19. The Morgan fingerprint density at radius 2 is 2.19 bits per heavy atom.